The molecule has 5 heteroatoms. The Morgan fingerprint density at radius 2 is 2.00 bits per heavy atom. The second-order valence-electron chi connectivity index (χ2n) is 4.43. The van der Waals surface area contributed by atoms with Crippen molar-refractivity contribution >= 4 is 33.2 Å². The Kier molecular flexibility index (Phi) is 3.29. The molecule has 2 aromatic heterocycles. The zero-order valence-corrected chi connectivity index (χ0v) is 12.6. The quantitative estimate of drug-likeness (QED) is 0.661. The summed E-state index contributed by atoms with van der Waals surface area (Å²) in [5.74, 6) is 0. The smallest absolute Gasteiger partial charge is 0.157 e. The fourth-order valence-corrected chi connectivity index (χ4v) is 2.70. The Morgan fingerprint density at radius 3 is 2.74 bits per heavy atom. The minimum atomic E-state index is 0.635. The number of benzene rings is 1. The number of aryl methyl sites for hydroxylation is 1. The van der Waals surface area contributed by atoms with Gasteiger partial charge in [-0.25, -0.2) is 9.50 Å². The summed E-state index contributed by atoms with van der Waals surface area (Å²) in [5.41, 5.74) is 4.21. The summed E-state index contributed by atoms with van der Waals surface area (Å²) in [6.45, 7) is 2.05. The molecule has 3 rings (SSSR count). The molecule has 0 aliphatic heterocycles. The minimum absolute atomic E-state index is 0.635. The van der Waals surface area contributed by atoms with Crippen LogP contribution in [0.2, 0.25) is 5.15 Å². The molecule has 0 atom stereocenters. The van der Waals surface area contributed by atoms with Crippen molar-refractivity contribution in [1.82, 2.24) is 14.6 Å². The van der Waals surface area contributed by atoms with Gasteiger partial charge < -0.3 is 0 Å². The van der Waals surface area contributed by atoms with Crippen molar-refractivity contribution in [2.75, 3.05) is 0 Å². The largest absolute Gasteiger partial charge is 0.215 e. The fourth-order valence-electron chi connectivity index (χ4n) is 2.09. The molecule has 96 valence electrons. The minimum Gasteiger partial charge on any atom is -0.215 e. The first-order valence-corrected chi connectivity index (χ1v) is 7.04. The maximum absolute atomic E-state index is 6.42. The van der Waals surface area contributed by atoms with E-state index in [2.05, 4.69) is 45.1 Å². The second-order valence-corrected chi connectivity index (χ2v) is 5.70. The Bertz CT molecular complexity index is 734. The summed E-state index contributed by atoms with van der Waals surface area (Å²) in [4.78, 5) is 4.16. The molecule has 0 amide bonds. The lowest BCUT2D eigenvalue weighted by Crippen LogP contribution is -2.00. The van der Waals surface area contributed by atoms with E-state index in [-0.39, 0.29) is 0 Å². The van der Waals surface area contributed by atoms with Crippen LogP contribution in [-0.4, -0.2) is 14.6 Å². The highest BCUT2D eigenvalue weighted by Crippen LogP contribution is 2.24. The van der Waals surface area contributed by atoms with Crippen molar-refractivity contribution in [2.45, 2.75) is 13.3 Å². The van der Waals surface area contributed by atoms with Gasteiger partial charge in [-0.15, -0.1) is 0 Å². The second kappa shape index (κ2) is 4.94. The van der Waals surface area contributed by atoms with Crippen LogP contribution in [0.4, 0.5) is 0 Å². The molecule has 0 unspecified atom stereocenters. The van der Waals surface area contributed by atoms with Crippen LogP contribution in [0.15, 0.2) is 41.1 Å². The van der Waals surface area contributed by atoms with Gasteiger partial charge in [0.25, 0.3) is 0 Å². The summed E-state index contributed by atoms with van der Waals surface area (Å²) < 4.78 is 2.74. The van der Waals surface area contributed by atoms with Crippen LogP contribution >= 0.6 is 27.5 Å². The van der Waals surface area contributed by atoms with E-state index < -0.39 is 0 Å². The molecule has 0 aliphatic rings. The first-order chi connectivity index (χ1) is 9.15. The van der Waals surface area contributed by atoms with Crippen molar-refractivity contribution in [3.63, 3.8) is 0 Å². The number of nitrogens with zero attached hydrogens (tertiary/aromatic N) is 3. The van der Waals surface area contributed by atoms with Crippen molar-refractivity contribution in [1.29, 1.82) is 0 Å². The molecule has 0 bridgehead atoms. The average molecular weight is 337 g/mol. The summed E-state index contributed by atoms with van der Waals surface area (Å²) >= 11 is 9.86. The molecular formula is C14H11BrClN3. The van der Waals surface area contributed by atoms with Crippen molar-refractivity contribution in [2.24, 2.45) is 0 Å². The monoisotopic (exact) mass is 335 g/mol. The molecule has 2 heterocycles. The van der Waals surface area contributed by atoms with Crippen LogP contribution in [0.1, 0.15) is 16.7 Å². The van der Waals surface area contributed by atoms with Crippen LogP contribution in [0.5, 0.6) is 0 Å². The molecule has 3 nitrogen and oxygen atoms in total. The third-order valence-corrected chi connectivity index (χ3v) is 4.04. The van der Waals surface area contributed by atoms with E-state index in [9.17, 15) is 0 Å². The third kappa shape index (κ3) is 2.38. The van der Waals surface area contributed by atoms with Crippen LogP contribution in [-0.2, 0) is 6.42 Å². The van der Waals surface area contributed by atoms with Gasteiger partial charge in [0.1, 0.15) is 11.5 Å². The first kappa shape index (κ1) is 12.6. The molecule has 0 spiro atoms. The molecule has 0 saturated heterocycles. The van der Waals surface area contributed by atoms with E-state index in [1.165, 1.54) is 11.9 Å². The topological polar surface area (TPSA) is 30.2 Å². The highest BCUT2D eigenvalue weighted by Gasteiger charge is 2.11. The van der Waals surface area contributed by atoms with Crippen LogP contribution in [0.25, 0.3) is 5.65 Å². The molecule has 3 aromatic rings. The lowest BCUT2D eigenvalue weighted by molar-refractivity contribution is 0.935. The Balaban J connectivity index is 2.06. The highest BCUT2D eigenvalue weighted by molar-refractivity contribution is 9.10. The maximum atomic E-state index is 6.42. The molecule has 0 saturated carbocycles. The van der Waals surface area contributed by atoms with Crippen LogP contribution in [0, 0.1) is 6.92 Å². The van der Waals surface area contributed by atoms with E-state index >= 15 is 0 Å². The molecule has 19 heavy (non-hydrogen) atoms. The predicted molar refractivity (Wildman–Crippen MR) is 79.7 cm³/mol. The van der Waals surface area contributed by atoms with E-state index in [0.717, 1.165) is 27.7 Å². The third-order valence-electron chi connectivity index (χ3n) is 3.12. The number of aromatic nitrogens is 3. The Hall–Kier alpha value is -1.39. The number of rotatable bonds is 2. The van der Waals surface area contributed by atoms with Gasteiger partial charge in [-0.2, -0.15) is 5.10 Å². The molecule has 0 fully saturated rings. The first-order valence-electron chi connectivity index (χ1n) is 5.87. The highest BCUT2D eigenvalue weighted by atomic mass is 79.9. The van der Waals surface area contributed by atoms with E-state index in [4.69, 9.17) is 11.6 Å². The van der Waals surface area contributed by atoms with Crippen LogP contribution < -0.4 is 0 Å². The van der Waals surface area contributed by atoms with E-state index in [1.54, 1.807) is 4.52 Å². The molecule has 0 N–H and O–H groups in total. The summed E-state index contributed by atoms with van der Waals surface area (Å²) in [5, 5.41) is 4.78. The Morgan fingerprint density at radius 1 is 1.26 bits per heavy atom. The van der Waals surface area contributed by atoms with Crippen molar-refractivity contribution < 1.29 is 0 Å². The summed E-state index contributed by atoms with van der Waals surface area (Å²) in [7, 11) is 0. The number of hydrogen-bond donors (Lipinski definition) is 0. The molecular weight excluding hydrogens is 326 g/mol. The lowest BCUT2D eigenvalue weighted by Gasteiger charge is -2.10. The lowest BCUT2D eigenvalue weighted by atomic mass is 10.0. The van der Waals surface area contributed by atoms with Gasteiger partial charge >= 0.3 is 0 Å². The summed E-state index contributed by atoms with van der Waals surface area (Å²) in [6.07, 6.45) is 2.30. The van der Waals surface area contributed by atoms with Crippen molar-refractivity contribution in [3.05, 3.63) is 63.0 Å². The predicted octanol–water partition coefficient (Wildman–Crippen LogP) is 4.04. The van der Waals surface area contributed by atoms with Gasteiger partial charge in [-0.1, -0.05) is 39.7 Å². The van der Waals surface area contributed by atoms with Gasteiger partial charge in [0.15, 0.2) is 5.65 Å². The van der Waals surface area contributed by atoms with Crippen LogP contribution in [0.3, 0.4) is 0 Å². The summed E-state index contributed by atoms with van der Waals surface area (Å²) in [6, 6.07) is 10.3. The molecule has 0 aliphatic carbocycles. The normalized spacial score (nSPS) is 11.1. The van der Waals surface area contributed by atoms with E-state index in [0.29, 0.717) is 5.15 Å². The average Bonchev–Trinajstić information content (AvgIpc) is 2.85. The standard InChI is InChI=1S/C14H11BrClN3/c1-9-6-13-17-8-18-19(13)14(16)12(9)7-10-2-4-11(15)5-3-10/h2-6,8H,7H2,1H3. The van der Waals surface area contributed by atoms with Gasteiger partial charge in [-0.05, 0) is 41.8 Å². The van der Waals surface area contributed by atoms with Gasteiger partial charge in [0.05, 0.1) is 0 Å². The maximum Gasteiger partial charge on any atom is 0.157 e. The van der Waals surface area contributed by atoms with Crippen molar-refractivity contribution in [3.8, 4) is 0 Å². The van der Waals surface area contributed by atoms with Gasteiger partial charge in [0.2, 0.25) is 0 Å². The SMILES string of the molecule is Cc1cc2ncnn2c(Cl)c1Cc1ccc(Br)cc1. The zero-order chi connectivity index (χ0) is 13.4. The van der Waals surface area contributed by atoms with E-state index in [1.807, 2.05) is 18.2 Å². The molecule has 1 aromatic carbocycles. The van der Waals surface area contributed by atoms with Gasteiger partial charge in [0, 0.05) is 10.9 Å². The zero-order valence-electron chi connectivity index (χ0n) is 10.3. The Labute approximate surface area is 124 Å². The molecule has 0 radical (unpaired) electrons. The number of pyridine rings is 1. The number of halogens is 2. The number of fused-ring (bicyclic) bond motifs is 1. The van der Waals surface area contributed by atoms with Gasteiger partial charge in [-0.3, -0.25) is 0 Å². The number of hydrogen-bond acceptors (Lipinski definition) is 2. The fraction of sp³-hybridized carbons (Fsp3) is 0.143.